The Morgan fingerprint density at radius 1 is 0.741 bits per heavy atom. The molecule has 0 amide bonds. The van der Waals surface area contributed by atoms with E-state index in [0.29, 0.717) is 0 Å². The van der Waals surface area contributed by atoms with Crippen LogP contribution in [0.2, 0.25) is 0 Å². The van der Waals surface area contributed by atoms with Gasteiger partial charge in [0, 0.05) is 16.5 Å². The molecule has 129 valence electrons. The minimum absolute atomic E-state index is 0.881. The third-order valence-corrected chi connectivity index (χ3v) is 5.41. The Morgan fingerprint density at radius 3 is 2.30 bits per heavy atom. The Morgan fingerprint density at radius 2 is 1.52 bits per heavy atom. The van der Waals surface area contributed by atoms with Gasteiger partial charge in [-0.05, 0) is 54.3 Å². The summed E-state index contributed by atoms with van der Waals surface area (Å²) in [6.07, 6.45) is 5.97. The van der Waals surface area contributed by atoms with Gasteiger partial charge in [0.1, 0.15) is 0 Å². The van der Waals surface area contributed by atoms with Gasteiger partial charge in [0.25, 0.3) is 0 Å². The summed E-state index contributed by atoms with van der Waals surface area (Å²) in [5.41, 5.74) is 7.19. The molecule has 0 saturated carbocycles. The van der Waals surface area contributed by atoms with Crippen LogP contribution in [0.1, 0.15) is 18.4 Å². The highest BCUT2D eigenvalue weighted by Gasteiger charge is 2.14. The second-order valence-electron chi connectivity index (χ2n) is 6.98. The molecule has 27 heavy (non-hydrogen) atoms. The summed E-state index contributed by atoms with van der Waals surface area (Å²) < 4.78 is 2.34. The molecule has 1 N–H and O–H groups in total. The fourth-order valence-corrected chi connectivity index (χ4v) is 4.03. The number of benzene rings is 3. The SMILES string of the molecule is O[B]C1=CC=C(c2ccc3c(c2)c2ccccc2n3-c2ccccc2)CC1. The molecule has 0 fully saturated rings. The van der Waals surface area contributed by atoms with Gasteiger partial charge in [0.15, 0.2) is 0 Å². The molecular formula is C24H19BNO. The van der Waals surface area contributed by atoms with Crippen molar-refractivity contribution in [2.24, 2.45) is 0 Å². The van der Waals surface area contributed by atoms with E-state index in [1.165, 1.54) is 46.1 Å². The number of hydrogen-bond acceptors (Lipinski definition) is 1. The summed E-state index contributed by atoms with van der Waals surface area (Å²) in [5.74, 6) is 0. The van der Waals surface area contributed by atoms with E-state index in [9.17, 15) is 5.02 Å². The Labute approximate surface area is 159 Å². The lowest BCUT2D eigenvalue weighted by molar-refractivity contribution is 0.607. The number of aromatic nitrogens is 1. The van der Waals surface area contributed by atoms with E-state index in [1.54, 1.807) is 0 Å². The molecule has 1 radical (unpaired) electrons. The summed E-state index contributed by atoms with van der Waals surface area (Å²) in [5, 5.41) is 11.7. The summed E-state index contributed by atoms with van der Waals surface area (Å²) >= 11 is 0. The van der Waals surface area contributed by atoms with Crippen LogP contribution in [0.3, 0.4) is 0 Å². The lowest BCUT2D eigenvalue weighted by atomic mass is 9.79. The van der Waals surface area contributed by atoms with Gasteiger partial charge in [-0.2, -0.15) is 0 Å². The van der Waals surface area contributed by atoms with Crippen molar-refractivity contribution in [3.63, 3.8) is 0 Å². The standard InChI is InChI=1S/C24H19BNO/c27-25-19-13-10-17(11-14-19)18-12-15-24-22(16-18)21-8-4-5-9-23(21)26(24)20-6-2-1-3-7-20/h1-10,12-13,15-16,27H,11,14H2. The third kappa shape index (κ3) is 2.72. The first-order valence-electron chi connectivity index (χ1n) is 9.31. The first-order valence-corrected chi connectivity index (χ1v) is 9.31. The summed E-state index contributed by atoms with van der Waals surface area (Å²) in [6, 6.07) is 25.9. The second-order valence-corrected chi connectivity index (χ2v) is 6.98. The monoisotopic (exact) mass is 348 g/mol. The average Bonchev–Trinajstić information content (AvgIpc) is 3.08. The van der Waals surface area contributed by atoms with Gasteiger partial charge in [-0.3, -0.25) is 0 Å². The topological polar surface area (TPSA) is 25.2 Å². The molecule has 0 saturated heterocycles. The van der Waals surface area contributed by atoms with Gasteiger partial charge in [-0.15, -0.1) is 0 Å². The van der Waals surface area contributed by atoms with Crippen molar-refractivity contribution in [2.75, 3.05) is 0 Å². The molecule has 1 aliphatic rings. The van der Waals surface area contributed by atoms with E-state index in [-0.39, 0.29) is 0 Å². The van der Waals surface area contributed by atoms with Crippen LogP contribution in [-0.4, -0.2) is 17.1 Å². The van der Waals surface area contributed by atoms with Gasteiger partial charge < -0.3 is 9.59 Å². The van der Waals surface area contributed by atoms with Crippen LogP contribution in [0.15, 0.2) is 90.4 Å². The molecule has 1 heterocycles. The van der Waals surface area contributed by atoms with E-state index in [4.69, 9.17) is 0 Å². The lowest BCUT2D eigenvalue weighted by Gasteiger charge is -2.13. The van der Waals surface area contributed by atoms with Crippen molar-refractivity contribution < 1.29 is 5.02 Å². The summed E-state index contributed by atoms with van der Waals surface area (Å²) in [6.45, 7) is 0. The molecular weight excluding hydrogens is 329 g/mol. The zero-order valence-electron chi connectivity index (χ0n) is 15.0. The first kappa shape index (κ1) is 16.2. The molecule has 5 rings (SSSR count). The highest BCUT2D eigenvalue weighted by atomic mass is 16.2. The van der Waals surface area contributed by atoms with Crippen molar-refractivity contribution in [1.29, 1.82) is 0 Å². The van der Waals surface area contributed by atoms with Crippen LogP contribution in [0.4, 0.5) is 0 Å². The Kier molecular flexibility index (Phi) is 3.95. The fourth-order valence-electron chi connectivity index (χ4n) is 4.03. The molecule has 0 bridgehead atoms. The van der Waals surface area contributed by atoms with Crippen LogP contribution in [0, 0.1) is 0 Å². The van der Waals surface area contributed by atoms with E-state index < -0.39 is 0 Å². The second kappa shape index (κ2) is 6.60. The van der Waals surface area contributed by atoms with Crippen molar-refractivity contribution in [1.82, 2.24) is 4.57 Å². The predicted octanol–water partition coefficient (Wildman–Crippen LogP) is 5.46. The molecule has 0 spiro atoms. The van der Waals surface area contributed by atoms with E-state index >= 15 is 0 Å². The maximum Gasteiger partial charge on any atom is 0.322 e. The van der Waals surface area contributed by atoms with Crippen LogP contribution in [-0.2, 0) is 0 Å². The van der Waals surface area contributed by atoms with Crippen LogP contribution in [0.25, 0.3) is 33.1 Å². The third-order valence-electron chi connectivity index (χ3n) is 5.41. The molecule has 1 aliphatic carbocycles. The average molecular weight is 348 g/mol. The Hall–Kier alpha value is -3.04. The van der Waals surface area contributed by atoms with Gasteiger partial charge in [0.05, 0.1) is 11.0 Å². The largest absolute Gasteiger partial charge is 0.450 e. The molecule has 0 atom stereocenters. The minimum atomic E-state index is 0.881. The Bertz CT molecular complexity index is 1200. The molecule has 2 nitrogen and oxygen atoms in total. The smallest absolute Gasteiger partial charge is 0.322 e. The van der Waals surface area contributed by atoms with E-state index in [0.717, 1.165) is 18.3 Å². The van der Waals surface area contributed by atoms with Crippen molar-refractivity contribution in [2.45, 2.75) is 12.8 Å². The van der Waals surface area contributed by atoms with E-state index in [2.05, 4.69) is 83.4 Å². The number of hydrogen-bond donors (Lipinski definition) is 1. The lowest BCUT2D eigenvalue weighted by Crippen LogP contribution is -2.00. The fraction of sp³-hybridized carbons (Fsp3) is 0.0833. The minimum Gasteiger partial charge on any atom is -0.450 e. The van der Waals surface area contributed by atoms with Gasteiger partial charge in [-0.25, -0.2) is 0 Å². The predicted molar refractivity (Wildman–Crippen MR) is 114 cm³/mol. The molecule has 1 aromatic heterocycles. The highest BCUT2D eigenvalue weighted by Crippen LogP contribution is 2.35. The zero-order chi connectivity index (χ0) is 18.2. The first-order chi connectivity index (χ1) is 13.3. The number of para-hydroxylation sites is 2. The Balaban J connectivity index is 1.74. The maximum atomic E-state index is 9.19. The van der Waals surface area contributed by atoms with Crippen LogP contribution < -0.4 is 0 Å². The van der Waals surface area contributed by atoms with Crippen molar-refractivity contribution in [3.8, 4) is 5.69 Å². The molecule has 4 aromatic rings. The summed E-state index contributed by atoms with van der Waals surface area (Å²) in [7, 11) is 1.21. The molecule has 3 heteroatoms. The normalized spacial score (nSPS) is 14.3. The number of rotatable bonds is 3. The molecule has 0 aliphatic heterocycles. The van der Waals surface area contributed by atoms with Gasteiger partial charge >= 0.3 is 7.48 Å². The van der Waals surface area contributed by atoms with Crippen LogP contribution >= 0.6 is 0 Å². The number of allylic oxidation sites excluding steroid dienone is 4. The van der Waals surface area contributed by atoms with Crippen molar-refractivity contribution >= 4 is 34.9 Å². The van der Waals surface area contributed by atoms with Gasteiger partial charge in [0.2, 0.25) is 0 Å². The molecule has 0 unspecified atom stereocenters. The highest BCUT2D eigenvalue weighted by molar-refractivity contribution is 6.36. The maximum absolute atomic E-state index is 9.19. The quantitative estimate of drug-likeness (QED) is 0.489. The number of fused-ring (bicyclic) bond motifs is 3. The zero-order valence-corrected chi connectivity index (χ0v) is 15.0. The van der Waals surface area contributed by atoms with Crippen molar-refractivity contribution in [3.05, 3.63) is 96.0 Å². The summed E-state index contributed by atoms with van der Waals surface area (Å²) in [4.78, 5) is 0. The van der Waals surface area contributed by atoms with Crippen LogP contribution in [0.5, 0.6) is 0 Å². The van der Waals surface area contributed by atoms with Gasteiger partial charge in [-0.1, -0.05) is 60.1 Å². The van der Waals surface area contributed by atoms with E-state index in [1.807, 2.05) is 6.08 Å². The molecule has 3 aromatic carbocycles. The number of nitrogens with zero attached hydrogens (tertiary/aromatic N) is 1.